The van der Waals surface area contributed by atoms with Gasteiger partial charge < -0.3 is 24.8 Å². The Bertz CT molecular complexity index is 725. The Balaban J connectivity index is 0.00000900. The average Bonchev–Trinajstić information content (AvgIpc) is 2.63. The average molecular weight is 447 g/mol. The van der Waals surface area contributed by atoms with E-state index in [0.717, 1.165) is 12.0 Å². The van der Waals surface area contributed by atoms with Crippen LogP contribution in [-0.2, 0) is 20.7 Å². The zero-order valence-electron chi connectivity index (χ0n) is 19.6. The number of carbonyl (C=O) groups is 2. The molecule has 0 saturated heterocycles. The number of nitrogens with one attached hydrogen (secondary N) is 3. The molecule has 10 heteroatoms. The second-order valence-corrected chi connectivity index (χ2v) is 10.9. The molecule has 0 fully saturated rings. The summed E-state index contributed by atoms with van der Waals surface area (Å²) in [4.78, 5) is 36.7. The molecule has 1 aromatic rings. The molecule has 0 aromatic heterocycles. The number of alkyl carbamates (subject to hydrolysis) is 1. The summed E-state index contributed by atoms with van der Waals surface area (Å²) in [5.41, 5.74) is 0.853. The van der Waals surface area contributed by atoms with Gasteiger partial charge in [0.15, 0.2) is 0 Å². The topological polar surface area (TPSA) is 120 Å². The first-order chi connectivity index (χ1) is 13.9. The van der Waals surface area contributed by atoms with Crippen LogP contribution >= 0.6 is 7.52 Å². The number of ether oxygens (including phenoxy) is 1. The predicted molar refractivity (Wildman–Crippen MR) is 116 cm³/mol. The van der Waals surface area contributed by atoms with Gasteiger partial charge in [-0.2, -0.15) is 0 Å². The van der Waals surface area contributed by atoms with Crippen LogP contribution in [0.2, 0.25) is 0 Å². The zero-order chi connectivity index (χ0) is 22.8. The van der Waals surface area contributed by atoms with Crippen molar-refractivity contribution < 1.29 is 42.6 Å². The smallest absolute Gasteiger partial charge is 0.787 e. The summed E-state index contributed by atoms with van der Waals surface area (Å²) in [6.07, 6.45) is -0.361. The molecule has 0 bridgehead atoms. The van der Waals surface area contributed by atoms with Gasteiger partial charge in [-0.3, -0.25) is 9.88 Å². The first-order valence-corrected chi connectivity index (χ1v) is 12.0. The molecule has 0 aliphatic rings. The fraction of sp³-hybridized carbons (Fsp3) is 0.619. The van der Waals surface area contributed by atoms with Gasteiger partial charge >= 0.3 is 25.0 Å². The number of hydrogen-bond donors (Lipinski definition) is 3. The molecule has 0 aliphatic carbocycles. The van der Waals surface area contributed by atoms with Gasteiger partial charge in [0.2, 0.25) is 5.91 Å². The second kappa shape index (κ2) is 14.0. The maximum Gasteiger partial charge on any atom is 1.00 e. The van der Waals surface area contributed by atoms with Gasteiger partial charge in [-0.15, -0.1) is 0 Å². The standard InChI is InChI=1S/C21H36N3O5P.Li/c1-16(2)13-18(19(25)22-12-11-21(3,4)5)24-30(27,28)15-23-20(26)29-14-17-9-7-6-8-10-17;/h6-10,16,18H,11-15H2,1-5H3,(H,22,25)(H,23,26)(H2,24,27,28);/q;+1/p-1/t18-;/m0./s1. The van der Waals surface area contributed by atoms with Crippen molar-refractivity contribution in [3.8, 4) is 0 Å². The van der Waals surface area contributed by atoms with Crippen LogP contribution in [0.4, 0.5) is 4.79 Å². The zero-order valence-corrected chi connectivity index (χ0v) is 20.5. The summed E-state index contributed by atoms with van der Waals surface area (Å²) in [6.45, 7) is 10.5. The molecular formula is C21H35LiN3O5P. The Kier molecular flexibility index (Phi) is 13.4. The van der Waals surface area contributed by atoms with Gasteiger partial charge in [0.1, 0.15) is 6.61 Å². The van der Waals surface area contributed by atoms with Gasteiger partial charge in [0.25, 0.3) is 0 Å². The van der Waals surface area contributed by atoms with Crippen LogP contribution in [0.25, 0.3) is 0 Å². The molecule has 0 spiro atoms. The van der Waals surface area contributed by atoms with Crippen molar-refractivity contribution >= 4 is 19.5 Å². The summed E-state index contributed by atoms with van der Waals surface area (Å²) in [6, 6.07) is 8.16. The third kappa shape index (κ3) is 14.4. The molecular weight excluding hydrogens is 412 g/mol. The molecule has 1 rings (SSSR count). The van der Waals surface area contributed by atoms with Crippen LogP contribution in [0.3, 0.4) is 0 Å². The van der Waals surface area contributed by atoms with Gasteiger partial charge in [-0.1, -0.05) is 65.0 Å². The maximum absolute atomic E-state index is 12.5. The molecule has 1 unspecified atom stereocenters. The minimum atomic E-state index is -4.25. The summed E-state index contributed by atoms with van der Waals surface area (Å²) in [7, 11) is -4.25. The van der Waals surface area contributed by atoms with E-state index >= 15 is 0 Å². The van der Waals surface area contributed by atoms with Crippen LogP contribution in [0.15, 0.2) is 30.3 Å². The molecule has 8 nitrogen and oxygen atoms in total. The van der Waals surface area contributed by atoms with Crippen LogP contribution in [0.1, 0.15) is 53.0 Å². The molecule has 170 valence electrons. The van der Waals surface area contributed by atoms with Crippen molar-refractivity contribution in [1.82, 2.24) is 15.7 Å². The Hall–Kier alpha value is -1.29. The molecule has 0 radical (unpaired) electrons. The number of hydrogen-bond acceptors (Lipinski definition) is 5. The van der Waals surface area contributed by atoms with E-state index in [4.69, 9.17) is 4.74 Å². The van der Waals surface area contributed by atoms with Crippen molar-refractivity contribution in [3.05, 3.63) is 35.9 Å². The van der Waals surface area contributed by atoms with E-state index in [9.17, 15) is 19.0 Å². The normalized spacial score (nSPS) is 14.2. The SMILES string of the molecule is CC(C)C[C@H](NP(=O)([O-])CNC(=O)OCc1ccccc1)C(=O)NCCC(C)(C)C.[Li+]. The van der Waals surface area contributed by atoms with Crippen molar-refractivity contribution in [2.45, 2.75) is 60.1 Å². The first kappa shape index (κ1) is 29.7. The Morgan fingerprint density at radius 3 is 2.29 bits per heavy atom. The van der Waals surface area contributed by atoms with Crippen molar-refractivity contribution in [2.75, 3.05) is 12.8 Å². The molecule has 0 heterocycles. The quantitative estimate of drug-likeness (QED) is 0.324. The van der Waals surface area contributed by atoms with Crippen molar-refractivity contribution in [2.24, 2.45) is 11.3 Å². The Morgan fingerprint density at radius 2 is 1.74 bits per heavy atom. The van der Waals surface area contributed by atoms with Crippen molar-refractivity contribution in [1.29, 1.82) is 0 Å². The van der Waals surface area contributed by atoms with E-state index in [2.05, 4.69) is 36.5 Å². The van der Waals surface area contributed by atoms with Gasteiger partial charge in [-0.05, 0) is 29.7 Å². The van der Waals surface area contributed by atoms with E-state index in [1.807, 2.05) is 32.0 Å². The third-order valence-electron chi connectivity index (χ3n) is 4.19. The summed E-state index contributed by atoms with van der Waals surface area (Å²) in [5.74, 6) is -0.254. The van der Waals surface area contributed by atoms with Crippen molar-refractivity contribution in [3.63, 3.8) is 0 Å². The fourth-order valence-corrected chi connectivity index (χ4v) is 3.73. The van der Waals surface area contributed by atoms with E-state index in [-0.39, 0.29) is 42.7 Å². The maximum atomic E-state index is 12.5. The first-order valence-electron chi connectivity index (χ1n) is 10.2. The second-order valence-electron chi connectivity index (χ2n) is 8.98. The minimum Gasteiger partial charge on any atom is -0.787 e. The van der Waals surface area contributed by atoms with Crippen LogP contribution in [-0.4, -0.2) is 30.9 Å². The number of carbonyl (C=O) groups excluding carboxylic acids is 2. The molecule has 3 N–H and O–H groups in total. The molecule has 2 amide bonds. The monoisotopic (exact) mass is 447 g/mol. The van der Waals surface area contributed by atoms with E-state index in [0.29, 0.717) is 13.0 Å². The van der Waals surface area contributed by atoms with E-state index < -0.39 is 25.9 Å². The largest absolute Gasteiger partial charge is 1.00 e. The third-order valence-corrected chi connectivity index (χ3v) is 5.47. The summed E-state index contributed by atoms with van der Waals surface area (Å²) in [5, 5.41) is 7.44. The summed E-state index contributed by atoms with van der Waals surface area (Å²) >= 11 is 0. The number of benzene rings is 1. The fourth-order valence-electron chi connectivity index (χ4n) is 2.60. The molecule has 0 aliphatic heterocycles. The Labute approximate surface area is 198 Å². The predicted octanol–water partition coefficient (Wildman–Crippen LogP) is -0.0156. The van der Waals surface area contributed by atoms with Gasteiger partial charge in [0.05, 0.1) is 19.8 Å². The number of amides is 2. The molecule has 31 heavy (non-hydrogen) atoms. The number of rotatable bonds is 11. The molecule has 0 saturated carbocycles. The van der Waals surface area contributed by atoms with Crippen LogP contribution in [0.5, 0.6) is 0 Å². The van der Waals surface area contributed by atoms with Crippen LogP contribution < -0.4 is 39.5 Å². The summed E-state index contributed by atoms with van der Waals surface area (Å²) < 4.78 is 17.4. The Morgan fingerprint density at radius 1 is 1.13 bits per heavy atom. The molecule has 2 atom stereocenters. The van der Waals surface area contributed by atoms with Gasteiger partial charge in [0, 0.05) is 6.54 Å². The van der Waals surface area contributed by atoms with Crippen LogP contribution in [0, 0.1) is 11.3 Å². The van der Waals surface area contributed by atoms with E-state index in [1.165, 1.54) is 0 Å². The van der Waals surface area contributed by atoms with E-state index in [1.54, 1.807) is 12.1 Å². The minimum absolute atomic E-state index is 0. The van der Waals surface area contributed by atoms with Gasteiger partial charge in [-0.25, -0.2) is 4.79 Å². The molecule has 1 aromatic carbocycles.